The Morgan fingerprint density at radius 3 is 2.44 bits per heavy atom. The molecule has 0 saturated heterocycles. The lowest BCUT2D eigenvalue weighted by Gasteiger charge is -2.24. The van der Waals surface area contributed by atoms with Crippen LogP contribution in [0.4, 0.5) is 32.0 Å². The van der Waals surface area contributed by atoms with Crippen molar-refractivity contribution in [2.24, 2.45) is 11.0 Å². The zero-order valence-corrected chi connectivity index (χ0v) is 22.2. The summed E-state index contributed by atoms with van der Waals surface area (Å²) in [4.78, 5) is 36.4. The van der Waals surface area contributed by atoms with Crippen LogP contribution in [0.2, 0.25) is 0 Å². The number of nitrogens with zero attached hydrogens (tertiary/aromatic N) is 8. The highest BCUT2D eigenvalue weighted by Crippen LogP contribution is 2.27. The molecule has 0 bridgehead atoms. The number of carbonyl (C=O) groups excluding carboxylic acids is 2. The number of hydrogen-bond acceptors (Lipinski definition) is 9. The van der Waals surface area contributed by atoms with Crippen molar-refractivity contribution < 1.29 is 45.4 Å². The van der Waals surface area contributed by atoms with Crippen LogP contribution in [-0.2, 0) is 20.9 Å². The standard InChI is InChI=1S/C20H27F6N11O4/c1-5-35(34-40)15(27)18(39)29-11(8-41-19(2,3)4)17(38)28-10-7-36(31-14(10)23)12(6-13(21)22)16-30-32-33-37(16)9-20(24,25)26/h7,11-13,27H,5-6,8-9H2,1-4H3,(H2,28,29,38,39)/p+1/t11-,12?/m0/s1. The molecule has 0 aliphatic carbocycles. The van der Waals surface area contributed by atoms with Gasteiger partial charge in [0, 0.05) is 6.42 Å². The number of carbonyl (C=O) groups is 2. The Labute approximate surface area is 228 Å². The Hall–Kier alpha value is -4.17. The summed E-state index contributed by atoms with van der Waals surface area (Å²) in [6.07, 6.45) is -8.31. The molecule has 0 aliphatic rings. The topological polar surface area (TPSA) is 187 Å². The number of anilines is 1. The van der Waals surface area contributed by atoms with Crippen molar-refractivity contribution in [2.45, 2.75) is 70.9 Å². The van der Waals surface area contributed by atoms with E-state index in [1.165, 1.54) is 6.92 Å². The molecule has 2 heterocycles. The maximum absolute atomic E-state index is 14.7. The molecule has 2 atom stereocenters. The van der Waals surface area contributed by atoms with Crippen LogP contribution in [0.15, 0.2) is 11.5 Å². The molecule has 21 heteroatoms. The van der Waals surface area contributed by atoms with Crippen LogP contribution in [0.1, 0.15) is 46.0 Å². The van der Waals surface area contributed by atoms with E-state index in [2.05, 4.69) is 36.5 Å². The fourth-order valence-corrected chi connectivity index (χ4v) is 3.20. The lowest BCUT2D eigenvalue weighted by molar-refractivity contribution is -0.532. The predicted molar refractivity (Wildman–Crippen MR) is 127 cm³/mol. The second-order valence-electron chi connectivity index (χ2n) is 9.39. The smallest absolute Gasteiger partial charge is 0.373 e. The van der Waals surface area contributed by atoms with Crippen LogP contribution < -0.4 is 16.4 Å². The summed E-state index contributed by atoms with van der Waals surface area (Å²) in [5.74, 6) is -4.91. The number of nitroso groups, excluding NO2 is 1. The third kappa shape index (κ3) is 9.76. The van der Waals surface area contributed by atoms with Crippen LogP contribution in [0.3, 0.4) is 0 Å². The van der Waals surface area contributed by atoms with Gasteiger partial charge in [0.2, 0.25) is 12.3 Å². The van der Waals surface area contributed by atoms with Gasteiger partial charge in [0.05, 0.1) is 18.4 Å². The number of ether oxygens (including phenoxy) is 1. The van der Waals surface area contributed by atoms with Gasteiger partial charge < -0.3 is 15.4 Å². The lowest BCUT2D eigenvalue weighted by Crippen LogP contribution is -2.52. The average molecular weight is 601 g/mol. The van der Waals surface area contributed by atoms with E-state index in [4.69, 9.17) is 10.5 Å². The van der Waals surface area contributed by atoms with E-state index in [0.717, 1.165) is 6.20 Å². The van der Waals surface area contributed by atoms with Gasteiger partial charge in [0.15, 0.2) is 11.1 Å². The largest absolute Gasteiger partial charge is 0.408 e. The Kier molecular flexibility index (Phi) is 10.8. The number of aromatic nitrogens is 6. The van der Waals surface area contributed by atoms with Crippen molar-refractivity contribution in [3.05, 3.63) is 22.9 Å². The fraction of sp³-hybridized carbons (Fsp3) is 0.650. The summed E-state index contributed by atoms with van der Waals surface area (Å²) in [6.45, 7) is 4.13. The van der Waals surface area contributed by atoms with Gasteiger partial charge in [-0.05, 0) is 38.1 Å². The third-order valence-electron chi connectivity index (χ3n) is 5.07. The minimum Gasteiger partial charge on any atom is -0.373 e. The molecule has 0 saturated carbocycles. The van der Waals surface area contributed by atoms with E-state index in [9.17, 15) is 40.8 Å². The van der Waals surface area contributed by atoms with Crippen molar-refractivity contribution in [3.63, 3.8) is 0 Å². The fourth-order valence-electron chi connectivity index (χ4n) is 3.20. The number of alkyl halides is 5. The van der Waals surface area contributed by atoms with Gasteiger partial charge >= 0.3 is 17.9 Å². The molecule has 0 spiro atoms. The maximum Gasteiger partial charge on any atom is 0.408 e. The number of tetrazole rings is 1. The zero-order chi connectivity index (χ0) is 31.1. The van der Waals surface area contributed by atoms with Crippen LogP contribution in [0, 0.1) is 10.9 Å². The van der Waals surface area contributed by atoms with E-state index in [1.54, 1.807) is 20.8 Å². The summed E-state index contributed by atoms with van der Waals surface area (Å²) in [5.41, 5.74) is 4.12. The number of halogens is 6. The Morgan fingerprint density at radius 1 is 1.24 bits per heavy atom. The summed E-state index contributed by atoms with van der Waals surface area (Å²) < 4.78 is 87.0. The molecule has 4 N–H and O–H groups in total. The van der Waals surface area contributed by atoms with E-state index in [-0.39, 0.29) is 11.2 Å². The van der Waals surface area contributed by atoms with Gasteiger partial charge in [0.25, 0.3) is 5.95 Å². The molecule has 0 fully saturated rings. The van der Waals surface area contributed by atoms with Gasteiger partial charge in [-0.2, -0.15) is 17.6 Å². The summed E-state index contributed by atoms with van der Waals surface area (Å²) in [6, 6.07) is -3.30. The molecule has 2 amide bonds. The zero-order valence-electron chi connectivity index (χ0n) is 22.2. The Balaban J connectivity index is 2.38. The highest BCUT2D eigenvalue weighted by atomic mass is 19.4. The van der Waals surface area contributed by atoms with Gasteiger partial charge in [-0.15, -0.1) is 15.1 Å². The minimum absolute atomic E-state index is 0.0749. The third-order valence-corrected chi connectivity index (χ3v) is 5.07. The Bertz CT molecular complexity index is 1260. The number of hydrogen-bond donors (Lipinski definition) is 3. The number of rotatable bonds is 12. The van der Waals surface area contributed by atoms with E-state index >= 15 is 0 Å². The highest BCUT2D eigenvalue weighted by molar-refractivity contribution is 6.35. The van der Waals surface area contributed by atoms with Crippen LogP contribution in [0.25, 0.3) is 0 Å². The van der Waals surface area contributed by atoms with E-state index < -0.39 is 85.0 Å². The van der Waals surface area contributed by atoms with Crippen molar-refractivity contribution >= 4 is 23.3 Å². The number of nitrogens with two attached hydrogens (primary N) is 1. The van der Waals surface area contributed by atoms with Crippen molar-refractivity contribution in [1.82, 2.24) is 35.3 Å². The van der Waals surface area contributed by atoms with Gasteiger partial charge in [-0.25, -0.2) is 13.5 Å². The molecule has 0 aliphatic heterocycles. The number of nitrogens with one attached hydrogen (secondary N) is 2. The molecule has 228 valence electrons. The summed E-state index contributed by atoms with van der Waals surface area (Å²) in [5, 5.41) is 19.9. The first-order valence-corrected chi connectivity index (χ1v) is 11.8. The van der Waals surface area contributed by atoms with Crippen LogP contribution in [0.5, 0.6) is 0 Å². The lowest BCUT2D eigenvalue weighted by atomic mass is 10.2. The Morgan fingerprint density at radius 2 is 1.90 bits per heavy atom. The SMILES string of the molecule is CC/[N+](N=O)=C(/N)C(=O)N[C@@H](COC(C)(C)C)C(=O)Nc1cn(C(CC(F)F)c2nnnn2CC(F)(F)F)nc1F. The molecule has 15 nitrogen and oxygen atoms in total. The van der Waals surface area contributed by atoms with Gasteiger partial charge in [-0.1, -0.05) is 4.68 Å². The number of amidine groups is 1. The van der Waals surface area contributed by atoms with Gasteiger partial charge in [-0.3, -0.25) is 20.0 Å². The van der Waals surface area contributed by atoms with Crippen LogP contribution >= 0.6 is 0 Å². The molecule has 1 unspecified atom stereocenters. The second-order valence-corrected chi connectivity index (χ2v) is 9.39. The van der Waals surface area contributed by atoms with E-state index in [1.807, 2.05) is 0 Å². The average Bonchev–Trinajstić information content (AvgIpc) is 3.44. The first-order valence-electron chi connectivity index (χ1n) is 11.8. The number of amides is 2. The molecule has 2 aromatic heterocycles. The summed E-state index contributed by atoms with van der Waals surface area (Å²) in [7, 11) is 0. The molecule has 41 heavy (non-hydrogen) atoms. The molecule has 2 aromatic rings. The molecule has 0 aromatic carbocycles. The van der Waals surface area contributed by atoms with Crippen molar-refractivity contribution in [1.29, 1.82) is 0 Å². The molecule has 2 rings (SSSR count). The molecular formula is C20H28F6N11O4+. The van der Waals surface area contributed by atoms with Crippen molar-refractivity contribution in [3.8, 4) is 0 Å². The second kappa shape index (κ2) is 13.5. The predicted octanol–water partition coefficient (Wildman–Crippen LogP) is 1.12. The normalized spacial score (nSPS) is 14.4. The van der Waals surface area contributed by atoms with E-state index in [0.29, 0.717) is 9.37 Å². The van der Waals surface area contributed by atoms with Crippen LogP contribution in [-0.4, -0.2) is 89.7 Å². The molecule has 0 radical (unpaired) electrons. The molecular weight excluding hydrogens is 572 g/mol. The van der Waals surface area contributed by atoms with Crippen molar-refractivity contribution in [2.75, 3.05) is 18.5 Å². The maximum atomic E-state index is 14.7. The monoisotopic (exact) mass is 600 g/mol. The van der Waals surface area contributed by atoms with Gasteiger partial charge in [0.1, 0.15) is 30.9 Å². The first-order chi connectivity index (χ1) is 19.0. The highest BCUT2D eigenvalue weighted by Gasteiger charge is 2.35. The quantitative estimate of drug-likeness (QED) is 0.0801. The first kappa shape index (κ1) is 33.0. The minimum atomic E-state index is -4.81. The summed E-state index contributed by atoms with van der Waals surface area (Å²) >= 11 is 0.